The molecule has 6 heteroatoms. The summed E-state index contributed by atoms with van der Waals surface area (Å²) in [6, 6.07) is 5.70. The summed E-state index contributed by atoms with van der Waals surface area (Å²) in [6.45, 7) is 4.87. The summed E-state index contributed by atoms with van der Waals surface area (Å²) >= 11 is 3.40. The first-order valence-corrected chi connectivity index (χ1v) is 6.85. The summed E-state index contributed by atoms with van der Waals surface area (Å²) in [5, 5.41) is 11.4. The Morgan fingerprint density at radius 2 is 2.21 bits per heavy atom. The minimum Gasteiger partial charge on any atom is -0.496 e. The monoisotopic (exact) mass is 325 g/mol. The van der Waals surface area contributed by atoms with Crippen LogP contribution in [-0.4, -0.2) is 23.9 Å². The lowest BCUT2D eigenvalue weighted by molar-refractivity contribution is 0.408. The summed E-state index contributed by atoms with van der Waals surface area (Å²) in [4.78, 5) is 0. The summed E-state index contributed by atoms with van der Waals surface area (Å²) in [6.07, 6.45) is 0. The van der Waals surface area contributed by atoms with Gasteiger partial charge in [0.15, 0.2) is 0 Å². The van der Waals surface area contributed by atoms with Crippen LogP contribution >= 0.6 is 15.9 Å². The van der Waals surface area contributed by atoms with E-state index in [4.69, 9.17) is 9.15 Å². The topological polar surface area (TPSA) is 60.2 Å². The number of ether oxygens (including phenoxy) is 1. The Labute approximate surface area is 120 Å². The fourth-order valence-corrected chi connectivity index (χ4v) is 2.09. The van der Waals surface area contributed by atoms with Crippen LogP contribution in [0.25, 0.3) is 11.5 Å². The van der Waals surface area contributed by atoms with Gasteiger partial charge in [-0.15, -0.1) is 10.2 Å². The van der Waals surface area contributed by atoms with Crippen LogP contribution in [0.1, 0.15) is 25.8 Å². The third-order valence-electron chi connectivity index (χ3n) is 2.72. The molecule has 102 valence electrons. The van der Waals surface area contributed by atoms with Gasteiger partial charge in [-0.05, 0) is 31.7 Å². The van der Waals surface area contributed by atoms with Crippen LogP contribution in [0, 0.1) is 0 Å². The highest BCUT2D eigenvalue weighted by Crippen LogP contribution is 2.32. The Kier molecular flexibility index (Phi) is 4.55. The zero-order valence-corrected chi connectivity index (χ0v) is 12.7. The first kappa shape index (κ1) is 14.0. The van der Waals surface area contributed by atoms with Crippen molar-refractivity contribution in [3.63, 3.8) is 0 Å². The molecule has 0 aliphatic carbocycles. The Morgan fingerprint density at radius 3 is 2.89 bits per heavy atom. The highest BCUT2D eigenvalue weighted by Gasteiger charge is 2.16. The van der Waals surface area contributed by atoms with Crippen LogP contribution in [0.5, 0.6) is 5.75 Å². The van der Waals surface area contributed by atoms with Gasteiger partial charge >= 0.3 is 0 Å². The Morgan fingerprint density at radius 1 is 1.42 bits per heavy atom. The number of hydrogen-bond acceptors (Lipinski definition) is 5. The molecule has 0 radical (unpaired) electrons. The molecule has 19 heavy (non-hydrogen) atoms. The van der Waals surface area contributed by atoms with Crippen molar-refractivity contribution >= 4 is 15.9 Å². The lowest BCUT2D eigenvalue weighted by Gasteiger charge is -2.07. The standard InChI is InChI=1S/C13H16BrN3O2/c1-4-15-8(2)12-16-17-13(19-12)10-6-5-9(14)7-11(10)18-3/h5-8,15H,4H2,1-3H3. The molecular formula is C13H16BrN3O2. The second-order valence-corrected chi connectivity index (χ2v) is 4.99. The van der Waals surface area contributed by atoms with Gasteiger partial charge in [-0.2, -0.15) is 0 Å². The molecule has 1 atom stereocenters. The molecule has 0 aliphatic rings. The SMILES string of the molecule is CCNC(C)c1nnc(-c2ccc(Br)cc2OC)o1. The Hall–Kier alpha value is -1.40. The van der Waals surface area contributed by atoms with Crippen molar-refractivity contribution in [3.8, 4) is 17.2 Å². The molecule has 5 nitrogen and oxygen atoms in total. The summed E-state index contributed by atoms with van der Waals surface area (Å²) in [7, 11) is 1.61. The van der Waals surface area contributed by atoms with Gasteiger partial charge < -0.3 is 14.5 Å². The smallest absolute Gasteiger partial charge is 0.251 e. The molecule has 0 spiro atoms. The average Bonchev–Trinajstić information content (AvgIpc) is 2.88. The van der Waals surface area contributed by atoms with E-state index in [1.165, 1.54) is 0 Å². The molecule has 0 bridgehead atoms. The second kappa shape index (κ2) is 6.16. The van der Waals surface area contributed by atoms with Crippen LogP contribution in [-0.2, 0) is 0 Å². The van der Waals surface area contributed by atoms with E-state index in [2.05, 4.69) is 31.4 Å². The zero-order valence-electron chi connectivity index (χ0n) is 11.1. The maximum atomic E-state index is 5.69. The van der Waals surface area contributed by atoms with E-state index in [-0.39, 0.29) is 6.04 Å². The molecule has 0 amide bonds. The van der Waals surface area contributed by atoms with Crippen molar-refractivity contribution in [1.82, 2.24) is 15.5 Å². The lowest BCUT2D eigenvalue weighted by atomic mass is 10.2. The van der Waals surface area contributed by atoms with Gasteiger partial charge in [0.1, 0.15) is 5.75 Å². The largest absolute Gasteiger partial charge is 0.496 e. The quantitative estimate of drug-likeness (QED) is 0.914. The number of nitrogens with one attached hydrogen (secondary N) is 1. The highest BCUT2D eigenvalue weighted by atomic mass is 79.9. The van der Waals surface area contributed by atoms with Crippen LogP contribution in [0.2, 0.25) is 0 Å². The molecule has 0 fully saturated rings. The van der Waals surface area contributed by atoms with Crippen molar-refractivity contribution in [2.24, 2.45) is 0 Å². The summed E-state index contributed by atoms with van der Waals surface area (Å²) in [5.41, 5.74) is 0.785. The molecule has 0 saturated heterocycles. The molecule has 1 heterocycles. The van der Waals surface area contributed by atoms with Crippen LogP contribution in [0.4, 0.5) is 0 Å². The van der Waals surface area contributed by atoms with E-state index in [1.54, 1.807) is 7.11 Å². The molecule has 2 rings (SSSR count). The molecule has 1 unspecified atom stereocenters. The molecule has 2 aromatic rings. The predicted octanol–water partition coefficient (Wildman–Crippen LogP) is 3.18. The molecule has 0 saturated carbocycles. The molecule has 1 aromatic carbocycles. The number of rotatable bonds is 5. The number of halogens is 1. The fourth-order valence-electron chi connectivity index (χ4n) is 1.75. The van der Waals surface area contributed by atoms with Gasteiger partial charge in [0.25, 0.3) is 5.89 Å². The van der Waals surface area contributed by atoms with Gasteiger partial charge in [-0.3, -0.25) is 0 Å². The van der Waals surface area contributed by atoms with Gasteiger partial charge in [0.2, 0.25) is 5.89 Å². The van der Waals surface area contributed by atoms with Gasteiger partial charge in [-0.1, -0.05) is 22.9 Å². The van der Waals surface area contributed by atoms with Gasteiger partial charge in [0.05, 0.1) is 18.7 Å². The van der Waals surface area contributed by atoms with E-state index in [0.29, 0.717) is 17.5 Å². The van der Waals surface area contributed by atoms with E-state index in [9.17, 15) is 0 Å². The summed E-state index contributed by atoms with van der Waals surface area (Å²) < 4.78 is 11.9. The third kappa shape index (κ3) is 3.13. The van der Waals surface area contributed by atoms with Crippen molar-refractivity contribution < 1.29 is 9.15 Å². The maximum absolute atomic E-state index is 5.69. The Balaban J connectivity index is 2.32. The van der Waals surface area contributed by atoms with Crippen molar-refractivity contribution in [3.05, 3.63) is 28.6 Å². The van der Waals surface area contributed by atoms with Crippen LogP contribution < -0.4 is 10.1 Å². The van der Waals surface area contributed by atoms with E-state index < -0.39 is 0 Å². The predicted molar refractivity (Wildman–Crippen MR) is 76.1 cm³/mol. The number of benzene rings is 1. The van der Waals surface area contributed by atoms with Crippen molar-refractivity contribution in [1.29, 1.82) is 0 Å². The van der Waals surface area contributed by atoms with Crippen molar-refractivity contribution in [2.45, 2.75) is 19.9 Å². The minimum absolute atomic E-state index is 0.0349. The molecule has 1 aromatic heterocycles. The number of hydrogen-bond donors (Lipinski definition) is 1. The lowest BCUT2D eigenvalue weighted by Crippen LogP contribution is -2.17. The van der Waals surface area contributed by atoms with Crippen LogP contribution in [0.3, 0.4) is 0 Å². The minimum atomic E-state index is 0.0349. The van der Waals surface area contributed by atoms with E-state index in [1.807, 2.05) is 32.0 Å². The first-order chi connectivity index (χ1) is 9.15. The molecule has 1 N–H and O–H groups in total. The third-order valence-corrected chi connectivity index (χ3v) is 3.21. The maximum Gasteiger partial charge on any atom is 0.251 e. The fraction of sp³-hybridized carbons (Fsp3) is 0.385. The highest BCUT2D eigenvalue weighted by molar-refractivity contribution is 9.10. The average molecular weight is 326 g/mol. The second-order valence-electron chi connectivity index (χ2n) is 4.07. The van der Waals surface area contributed by atoms with Gasteiger partial charge in [0, 0.05) is 4.47 Å². The summed E-state index contributed by atoms with van der Waals surface area (Å²) in [5.74, 6) is 1.73. The number of nitrogens with zero attached hydrogens (tertiary/aromatic N) is 2. The first-order valence-electron chi connectivity index (χ1n) is 6.06. The number of methoxy groups -OCH3 is 1. The van der Waals surface area contributed by atoms with Crippen LogP contribution in [0.15, 0.2) is 27.1 Å². The van der Waals surface area contributed by atoms with Gasteiger partial charge in [-0.25, -0.2) is 0 Å². The molecular weight excluding hydrogens is 310 g/mol. The molecule has 0 aliphatic heterocycles. The normalized spacial score (nSPS) is 12.4. The van der Waals surface area contributed by atoms with Crippen molar-refractivity contribution in [2.75, 3.05) is 13.7 Å². The van der Waals surface area contributed by atoms with E-state index >= 15 is 0 Å². The Bertz CT molecular complexity index is 557. The number of aromatic nitrogens is 2. The van der Waals surface area contributed by atoms with E-state index in [0.717, 1.165) is 16.6 Å². The zero-order chi connectivity index (χ0) is 13.8.